The average molecular weight is 539 g/mol. The Balaban J connectivity index is 0.000000201. The van der Waals surface area contributed by atoms with Gasteiger partial charge in [-0.05, 0) is 38.1 Å². The summed E-state index contributed by atoms with van der Waals surface area (Å²) < 4.78 is 19.8. The van der Waals surface area contributed by atoms with Gasteiger partial charge in [-0.3, -0.25) is 9.59 Å². The summed E-state index contributed by atoms with van der Waals surface area (Å²) in [6.07, 6.45) is -0.122. The van der Waals surface area contributed by atoms with Crippen LogP contribution >= 0.6 is 23.2 Å². The topological polar surface area (TPSA) is 129 Å². The second-order valence-electron chi connectivity index (χ2n) is 7.54. The number of carbonyl (C=O) groups excluding carboxylic acids is 4. The molecule has 0 aliphatic carbocycles. The van der Waals surface area contributed by atoms with Crippen molar-refractivity contribution in [1.82, 2.24) is 0 Å². The lowest BCUT2D eigenvalue weighted by molar-refractivity contribution is -0.147. The molecule has 0 bridgehead atoms. The van der Waals surface area contributed by atoms with E-state index < -0.39 is 36.0 Å². The van der Waals surface area contributed by atoms with E-state index in [0.717, 1.165) is 0 Å². The molecule has 0 radical (unpaired) electrons. The predicted molar refractivity (Wildman–Crippen MR) is 131 cm³/mol. The van der Waals surface area contributed by atoms with Crippen LogP contribution in [0.5, 0.6) is 11.5 Å². The van der Waals surface area contributed by atoms with E-state index in [1.165, 1.54) is 0 Å². The van der Waals surface area contributed by atoms with Gasteiger partial charge in [0.2, 0.25) is 0 Å². The van der Waals surface area contributed by atoms with Crippen molar-refractivity contribution < 1.29 is 38.1 Å². The van der Waals surface area contributed by atoms with Gasteiger partial charge < -0.3 is 29.6 Å². The molecule has 12 heteroatoms. The van der Waals surface area contributed by atoms with E-state index in [9.17, 15) is 19.2 Å². The highest BCUT2D eigenvalue weighted by atomic mass is 35.5. The standard InChI is InChI=1S/2C12H12ClNO4/c2*1-2-17-11(15)6-9-12(16)18-10-5-7(13)3-4-8(10)14-9/h2*3-5,9,14H,2,6H2,1H3/t2*9-/m11/s1. The molecular weight excluding hydrogens is 515 g/mol. The highest BCUT2D eigenvalue weighted by Gasteiger charge is 2.31. The molecule has 2 N–H and O–H groups in total. The molecule has 10 nitrogen and oxygen atoms in total. The number of ether oxygens (including phenoxy) is 4. The van der Waals surface area contributed by atoms with Crippen LogP contribution in [0.4, 0.5) is 11.4 Å². The van der Waals surface area contributed by atoms with Crippen LogP contribution in [0.25, 0.3) is 0 Å². The molecule has 36 heavy (non-hydrogen) atoms. The number of halogens is 2. The summed E-state index contributed by atoms with van der Waals surface area (Å²) in [5, 5.41) is 6.82. The third kappa shape index (κ3) is 7.25. The maximum atomic E-state index is 11.7. The van der Waals surface area contributed by atoms with Gasteiger partial charge in [-0.15, -0.1) is 0 Å². The zero-order valence-corrected chi connectivity index (χ0v) is 21.0. The van der Waals surface area contributed by atoms with E-state index in [2.05, 4.69) is 10.6 Å². The number of rotatable bonds is 6. The quantitative estimate of drug-likeness (QED) is 0.411. The van der Waals surface area contributed by atoms with Crippen molar-refractivity contribution >= 4 is 58.5 Å². The largest absolute Gasteiger partial charge is 0.466 e. The molecule has 0 fully saturated rings. The molecule has 192 valence electrons. The minimum absolute atomic E-state index is 0.0608. The van der Waals surface area contributed by atoms with Crippen molar-refractivity contribution in [3.63, 3.8) is 0 Å². The third-order valence-corrected chi connectivity index (χ3v) is 5.36. The fourth-order valence-electron chi connectivity index (χ4n) is 3.29. The van der Waals surface area contributed by atoms with E-state index in [-0.39, 0.29) is 26.1 Å². The Bertz CT molecular complexity index is 1070. The lowest BCUT2D eigenvalue weighted by Crippen LogP contribution is -2.39. The molecule has 4 rings (SSSR count). The molecule has 0 aromatic heterocycles. The van der Waals surface area contributed by atoms with Crippen molar-refractivity contribution in [2.24, 2.45) is 0 Å². The Morgan fingerprint density at radius 1 is 0.778 bits per heavy atom. The van der Waals surface area contributed by atoms with Crippen molar-refractivity contribution in [1.29, 1.82) is 0 Å². The van der Waals surface area contributed by atoms with Gasteiger partial charge in [-0.25, -0.2) is 9.59 Å². The lowest BCUT2D eigenvalue weighted by atomic mass is 10.1. The SMILES string of the molecule is CCOC(=O)C[C@H]1Nc2ccc(Cl)cc2OC1=O.CCOC(=O)C[C@H]1Nc2ccc(Cl)cc2OC1=O. The van der Waals surface area contributed by atoms with E-state index in [4.69, 9.17) is 42.1 Å². The lowest BCUT2D eigenvalue weighted by Gasteiger charge is -2.24. The normalized spacial score (nSPS) is 17.4. The summed E-state index contributed by atoms with van der Waals surface area (Å²) in [7, 11) is 0. The van der Waals surface area contributed by atoms with Crippen LogP contribution < -0.4 is 20.1 Å². The van der Waals surface area contributed by atoms with Crippen molar-refractivity contribution in [3.8, 4) is 11.5 Å². The molecule has 2 heterocycles. The summed E-state index contributed by atoms with van der Waals surface area (Å²) in [4.78, 5) is 46.0. The van der Waals surface area contributed by atoms with E-state index in [1.54, 1.807) is 50.2 Å². The molecule has 0 amide bonds. The molecule has 0 saturated carbocycles. The summed E-state index contributed by atoms with van der Waals surface area (Å²) >= 11 is 11.6. The first-order valence-corrected chi connectivity index (χ1v) is 11.8. The summed E-state index contributed by atoms with van der Waals surface area (Å²) in [6, 6.07) is 8.38. The van der Waals surface area contributed by atoms with Gasteiger partial charge in [-0.1, -0.05) is 23.2 Å². The first-order valence-electron chi connectivity index (χ1n) is 11.1. The molecule has 0 saturated heterocycles. The molecule has 2 atom stereocenters. The minimum Gasteiger partial charge on any atom is -0.466 e. The van der Waals surface area contributed by atoms with Gasteiger partial charge in [0.1, 0.15) is 12.1 Å². The Hall–Kier alpha value is -3.50. The number of carbonyl (C=O) groups is 4. The monoisotopic (exact) mass is 538 g/mol. The first-order chi connectivity index (χ1) is 17.2. The summed E-state index contributed by atoms with van der Waals surface area (Å²) in [5.41, 5.74) is 1.27. The molecule has 0 spiro atoms. The maximum absolute atomic E-state index is 11.7. The zero-order chi connectivity index (χ0) is 26.2. The molecular formula is C24H24Cl2N2O8. The molecule has 2 aromatic rings. The fourth-order valence-corrected chi connectivity index (χ4v) is 3.62. The zero-order valence-electron chi connectivity index (χ0n) is 19.5. The Morgan fingerprint density at radius 3 is 1.53 bits per heavy atom. The third-order valence-electron chi connectivity index (χ3n) is 4.89. The van der Waals surface area contributed by atoms with Gasteiger partial charge in [0.05, 0.1) is 37.4 Å². The highest BCUT2D eigenvalue weighted by Crippen LogP contribution is 2.33. The average Bonchev–Trinajstić information content (AvgIpc) is 2.81. The van der Waals surface area contributed by atoms with Crippen molar-refractivity contribution in [3.05, 3.63) is 46.4 Å². The Labute approximate surface area is 217 Å². The van der Waals surface area contributed by atoms with E-state index in [0.29, 0.717) is 32.9 Å². The van der Waals surface area contributed by atoms with Crippen LogP contribution in [-0.4, -0.2) is 49.2 Å². The van der Waals surface area contributed by atoms with Gasteiger partial charge >= 0.3 is 23.9 Å². The van der Waals surface area contributed by atoms with Crippen LogP contribution in [-0.2, 0) is 28.7 Å². The molecule has 2 aliphatic heterocycles. The number of anilines is 2. The number of hydrogen-bond acceptors (Lipinski definition) is 10. The molecule has 2 aromatic carbocycles. The number of esters is 4. The second kappa shape index (κ2) is 12.5. The fraction of sp³-hybridized carbons (Fsp3) is 0.333. The van der Waals surface area contributed by atoms with Crippen molar-refractivity contribution in [2.45, 2.75) is 38.8 Å². The number of hydrogen-bond donors (Lipinski definition) is 2. The second-order valence-corrected chi connectivity index (χ2v) is 8.41. The van der Waals surface area contributed by atoms with Gasteiger partial charge in [-0.2, -0.15) is 0 Å². The number of nitrogens with one attached hydrogen (secondary N) is 2. The van der Waals surface area contributed by atoms with Gasteiger partial charge in [0, 0.05) is 22.2 Å². The highest BCUT2D eigenvalue weighted by molar-refractivity contribution is 6.31. The molecule has 0 unspecified atom stereocenters. The first kappa shape index (κ1) is 27.1. The summed E-state index contributed by atoms with van der Waals surface area (Å²) in [5.74, 6) is -1.18. The summed E-state index contributed by atoms with van der Waals surface area (Å²) in [6.45, 7) is 3.99. The predicted octanol–water partition coefficient (Wildman–Crippen LogP) is 3.99. The van der Waals surface area contributed by atoms with Crippen LogP contribution in [0.3, 0.4) is 0 Å². The van der Waals surface area contributed by atoms with E-state index >= 15 is 0 Å². The van der Waals surface area contributed by atoms with Gasteiger partial charge in [0.25, 0.3) is 0 Å². The Morgan fingerprint density at radius 2 is 1.17 bits per heavy atom. The van der Waals surface area contributed by atoms with Crippen LogP contribution in [0.15, 0.2) is 36.4 Å². The van der Waals surface area contributed by atoms with Crippen LogP contribution in [0, 0.1) is 0 Å². The minimum atomic E-state index is -0.724. The number of fused-ring (bicyclic) bond motifs is 2. The molecule has 2 aliphatic rings. The number of benzene rings is 2. The van der Waals surface area contributed by atoms with Crippen LogP contribution in [0.2, 0.25) is 10.0 Å². The van der Waals surface area contributed by atoms with Crippen LogP contribution in [0.1, 0.15) is 26.7 Å². The van der Waals surface area contributed by atoms with Gasteiger partial charge in [0.15, 0.2) is 11.5 Å². The smallest absolute Gasteiger partial charge is 0.334 e. The van der Waals surface area contributed by atoms with Crippen molar-refractivity contribution in [2.75, 3.05) is 23.8 Å². The Kier molecular flexibility index (Phi) is 9.38. The maximum Gasteiger partial charge on any atom is 0.334 e. The van der Waals surface area contributed by atoms with E-state index in [1.807, 2.05) is 0 Å².